The number of aromatic nitrogens is 1. The Kier molecular flexibility index (Phi) is 3.85. The maximum atomic E-state index is 12.1. The van der Waals surface area contributed by atoms with Crippen molar-refractivity contribution in [2.24, 2.45) is 0 Å². The van der Waals surface area contributed by atoms with Gasteiger partial charge in [0.2, 0.25) is 0 Å². The van der Waals surface area contributed by atoms with E-state index in [4.69, 9.17) is 0 Å². The van der Waals surface area contributed by atoms with Gasteiger partial charge in [0.05, 0.1) is 11.6 Å². The van der Waals surface area contributed by atoms with Crippen molar-refractivity contribution in [3.63, 3.8) is 0 Å². The zero-order valence-corrected chi connectivity index (χ0v) is 11.9. The molecule has 1 heterocycles. The van der Waals surface area contributed by atoms with Crippen LogP contribution >= 0.6 is 11.3 Å². The third-order valence-electron chi connectivity index (χ3n) is 2.75. The lowest BCUT2D eigenvalue weighted by Gasteiger charge is -2.12. The van der Waals surface area contributed by atoms with Crippen LogP contribution in [-0.4, -0.2) is 16.0 Å². The van der Waals surface area contributed by atoms with E-state index in [1.54, 1.807) is 12.1 Å². The van der Waals surface area contributed by atoms with Crippen molar-refractivity contribution in [1.82, 2.24) is 10.3 Å². The predicted octanol–water partition coefficient (Wildman–Crippen LogP) is 2.96. The van der Waals surface area contributed by atoms with Crippen molar-refractivity contribution in [3.05, 3.63) is 45.4 Å². The number of nitrogens with one attached hydrogen (secondary N) is 1. The summed E-state index contributed by atoms with van der Waals surface area (Å²) in [4.78, 5) is 16.5. The lowest BCUT2D eigenvalue weighted by Crippen LogP contribution is -2.26. The number of hydrogen-bond donors (Lipinski definition) is 2. The number of hydrogen-bond acceptors (Lipinski definition) is 4. The van der Waals surface area contributed by atoms with Crippen molar-refractivity contribution in [2.75, 3.05) is 0 Å². The lowest BCUT2D eigenvalue weighted by molar-refractivity contribution is 0.0937. The van der Waals surface area contributed by atoms with Crippen LogP contribution in [0.25, 0.3) is 0 Å². The molecule has 0 aliphatic carbocycles. The first-order chi connectivity index (χ1) is 8.97. The van der Waals surface area contributed by atoms with Gasteiger partial charge in [-0.05, 0) is 32.9 Å². The molecule has 0 bridgehead atoms. The van der Waals surface area contributed by atoms with Crippen molar-refractivity contribution in [3.8, 4) is 5.75 Å². The van der Waals surface area contributed by atoms with E-state index in [2.05, 4.69) is 10.3 Å². The molecule has 2 rings (SSSR count). The van der Waals surface area contributed by atoms with E-state index < -0.39 is 0 Å². The quantitative estimate of drug-likeness (QED) is 0.906. The molecular formula is C14H16N2O2S. The van der Waals surface area contributed by atoms with Gasteiger partial charge in [-0.25, -0.2) is 4.98 Å². The molecule has 100 valence electrons. The molecule has 1 amide bonds. The number of nitrogens with zero attached hydrogens (tertiary/aromatic N) is 1. The van der Waals surface area contributed by atoms with E-state index in [1.807, 2.05) is 26.2 Å². The summed E-state index contributed by atoms with van der Waals surface area (Å²) in [6.07, 6.45) is 0. The third kappa shape index (κ3) is 3.12. The first-order valence-corrected chi connectivity index (χ1v) is 6.88. The number of phenolic OH excluding ortho intramolecular Hbond substituents is 1. The molecule has 1 atom stereocenters. The number of amides is 1. The van der Waals surface area contributed by atoms with Gasteiger partial charge in [0, 0.05) is 11.1 Å². The van der Waals surface area contributed by atoms with E-state index >= 15 is 0 Å². The van der Waals surface area contributed by atoms with Gasteiger partial charge in [0.25, 0.3) is 5.91 Å². The molecule has 0 radical (unpaired) electrons. The fourth-order valence-corrected chi connectivity index (χ4v) is 2.54. The summed E-state index contributed by atoms with van der Waals surface area (Å²) in [7, 11) is 0. The molecule has 1 unspecified atom stereocenters. The van der Waals surface area contributed by atoms with Gasteiger partial charge in [-0.1, -0.05) is 11.6 Å². The predicted molar refractivity (Wildman–Crippen MR) is 75.6 cm³/mol. The topological polar surface area (TPSA) is 62.2 Å². The summed E-state index contributed by atoms with van der Waals surface area (Å²) in [6.45, 7) is 5.67. The third-order valence-corrected chi connectivity index (χ3v) is 3.90. The molecule has 2 aromatic rings. The molecule has 0 saturated heterocycles. The molecule has 4 nitrogen and oxygen atoms in total. The SMILES string of the molecule is Cc1ccc(O)c(C(=O)NC(C)c2nc(C)cs2)c1. The smallest absolute Gasteiger partial charge is 0.255 e. The first kappa shape index (κ1) is 13.5. The number of phenols is 1. The van der Waals surface area contributed by atoms with Gasteiger partial charge >= 0.3 is 0 Å². The van der Waals surface area contributed by atoms with E-state index in [-0.39, 0.29) is 17.7 Å². The van der Waals surface area contributed by atoms with Crippen LogP contribution in [0.2, 0.25) is 0 Å². The fourth-order valence-electron chi connectivity index (χ4n) is 1.74. The van der Waals surface area contributed by atoms with Crippen molar-refractivity contribution in [2.45, 2.75) is 26.8 Å². The maximum Gasteiger partial charge on any atom is 0.255 e. The van der Waals surface area contributed by atoms with Gasteiger partial charge < -0.3 is 10.4 Å². The number of aromatic hydroxyl groups is 1. The molecule has 0 saturated carbocycles. The van der Waals surface area contributed by atoms with E-state index in [9.17, 15) is 9.90 Å². The Labute approximate surface area is 116 Å². The zero-order chi connectivity index (χ0) is 14.0. The minimum atomic E-state index is -0.290. The fraction of sp³-hybridized carbons (Fsp3) is 0.286. The van der Waals surface area contributed by atoms with Gasteiger partial charge in [-0.3, -0.25) is 4.79 Å². The summed E-state index contributed by atoms with van der Waals surface area (Å²) in [5.41, 5.74) is 2.17. The number of rotatable bonds is 3. The highest BCUT2D eigenvalue weighted by Gasteiger charge is 2.16. The van der Waals surface area contributed by atoms with Crippen LogP contribution in [-0.2, 0) is 0 Å². The van der Waals surface area contributed by atoms with Crippen molar-refractivity contribution in [1.29, 1.82) is 0 Å². The molecule has 5 heteroatoms. The second kappa shape index (κ2) is 5.40. The number of thiazole rings is 1. The summed E-state index contributed by atoms with van der Waals surface area (Å²) >= 11 is 1.51. The van der Waals surface area contributed by atoms with Crippen LogP contribution in [0.3, 0.4) is 0 Å². The Morgan fingerprint density at radius 3 is 2.79 bits per heavy atom. The van der Waals surface area contributed by atoms with E-state index in [0.29, 0.717) is 5.56 Å². The zero-order valence-electron chi connectivity index (χ0n) is 11.1. The largest absolute Gasteiger partial charge is 0.507 e. The minimum Gasteiger partial charge on any atom is -0.507 e. The first-order valence-electron chi connectivity index (χ1n) is 6.00. The molecule has 1 aromatic carbocycles. The number of benzene rings is 1. The van der Waals surface area contributed by atoms with Crippen LogP contribution in [0, 0.1) is 13.8 Å². The van der Waals surface area contributed by atoms with Crippen LogP contribution in [0.15, 0.2) is 23.6 Å². The molecule has 0 aliphatic rings. The van der Waals surface area contributed by atoms with Crippen LogP contribution in [0.1, 0.15) is 39.6 Å². The molecule has 19 heavy (non-hydrogen) atoms. The molecule has 0 aliphatic heterocycles. The molecular weight excluding hydrogens is 260 g/mol. The molecule has 0 fully saturated rings. The number of aryl methyl sites for hydroxylation is 2. The van der Waals surface area contributed by atoms with Gasteiger partial charge in [-0.15, -0.1) is 11.3 Å². The second-order valence-electron chi connectivity index (χ2n) is 4.54. The Hall–Kier alpha value is -1.88. The lowest BCUT2D eigenvalue weighted by atomic mass is 10.1. The monoisotopic (exact) mass is 276 g/mol. The van der Waals surface area contributed by atoms with Crippen molar-refractivity contribution >= 4 is 17.2 Å². The van der Waals surface area contributed by atoms with E-state index in [1.165, 1.54) is 17.4 Å². The van der Waals surface area contributed by atoms with Crippen LogP contribution in [0.4, 0.5) is 0 Å². The summed E-state index contributed by atoms with van der Waals surface area (Å²) in [5, 5.41) is 15.4. The highest BCUT2D eigenvalue weighted by Crippen LogP contribution is 2.21. The average molecular weight is 276 g/mol. The van der Waals surface area contributed by atoms with Crippen LogP contribution in [0.5, 0.6) is 5.75 Å². The summed E-state index contributed by atoms with van der Waals surface area (Å²) < 4.78 is 0. The Morgan fingerprint density at radius 1 is 1.42 bits per heavy atom. The minimum absolute atomic E-state index is 0.00869. The van der Waals surface area contributed by atoms with Crippen LogP contribution < -0.4 is 5.32 Å². The molecule has 1 aromatic heterocycles. The van der Waals surface area contributed by atoms with Crippen molar-refractivity contribution < 1.29 is 9.90 Å². The summed E-state index contributed by atoms with van der Waals surface area (Å²) in [6, 6.07) is 4.79. The van der Waals surface area contributed by atoms with Gasteiger partial charge in [0.15, 0.2) is 0 Å². The second-order valence-corrected chi connectivity index (χ2v) is 5.43. The highest BCUT2D eigenvalue weighted by molar-refractivity contribution is 7.09. The number of carbonyl (C=O) groups excluding carboxylic acids is 1. The Morgan fingerprint density at radius 2 is 2.16 bits per heavy atom. The molecule has 0 spiro atoms. The molecule has 2 N–H and O–H groups in total. The Balaban J connectivity index is 2.15. The van der Waals surface area contributed by atoms with Gasteiger partial charge in [-0.2, -0.15) is 0 Å². The maximum absolute atomic E-state index is 12.1. The average Bonchev–Trinajstić information content (AvgIpc) is 2.79. The van der Waals surface area contributed by atoms with Gasteiger partial charge in [0.1, 0.15) is 10.8 Å². The Bertz CT molecular complexity index is 607. The standard InChI is InChI=1S/C14H16N2O2S/c1-8-4-5-12(17)11(6-8)13(18)16-10(3)14-15-9(2)7-19-14/h4-7,10,17H,1-3H3,(H,16,18). The number of carbonyl (C=O) groups is 1. The normalized spacial score (nSPS) is 12.2. The highest BCUT2D eigenvalue weighted by atomic mass is 32.1. The summed E-state index contributed by atoms with van der Waals surface area (Å²) in [5.74, 6) is -0.299. The van der Waals surface area contributed by atoms with E-state index in [0.717, 1.165) is 16.3 Å².